The minimum absolute atomic E-state index is 0.164. The summed E-state index contributed by atoms with van der Waals surface area (Å²) < 4.78 is 5.41. The maximum absolute atomic E-state index is 13.1. The van der Waals surface area contributed by atoms with E-state index in [9.17, 15) is 14.7 Å². The Morgan fingerprint density at radius 3 is 2.71 bits per heavy atom. The molecule has 6 nitrogen and oxygen atoms in total. The van der Waals surface area contributed by atoms with Crippen LogP contribution in [0.1, 0.15) is 21.8 Å². The fourth-order valence-electron chi connectivity index (χ4n) is 3.89. The van der Waals surface area contributed by atoms with Gasteiger partial charge in [0.15, 0.2) is 0 Å². The fraction of sp³-hybridized carbons (Fsp3) is 0.227. The number of carbonyl (C=O) groups excluding carboxylic acids is 1. The van der Waals surface area contributed by atoms with E-state index >= 15 is 0 Å². The van der Waals surface area contributed by atoms with Crippen LogP contribution in [-0.2, 0) is 4.79 Å². The largest absolute Gasteiger partial charge is 0.496 e. The first kappa shape index (κ1) is 18.0. The Bertz CT molecular complexity index is 1050. The summed E-state index contributed by atoms with van der Waals surface area (Å²) in [5, 5.41) is 10.7. The van der Waals surface area contributed by atoms with Crippen molar-refractivity contribution >= 4 is 22.8 Å². The van der Waals surface area contributed by atoms with E-state index in [0.717, 1.165) is 16.5 Å². The molecular formula is C22H20N2O4. The van der Waals surface area contributed by atoms with Crippen LogP contribution in [0.4, 0.5) is 0 Å². The number of ether oxygens (including phenoxy) is 1. The molecule has 0 unspecified atom stereocenters. The van der Waals surface area contributed by atoms with Crippen molar-refractivity contribution in [3.8, 4) is 5.75 Å². The van der Waals surface area contributed by atoms with Crippen LogP contribution < -0.4 is 4.74 Å². The van der Waals surface area contributed by atoms with Crippen molar-refractivity contribution in [2.45, 2.75) is 5.92 Å². The number of hydrogen-bond donors (Lipinski definition) is 1. The van der Waals surface area contributed by atoms with Gasteiger partial charge in [0, 0.05) is 36.2 Å². The lowest BCUT2D eigenvalue weighted by Gasteiger charge is -2.18. The first-order valence-electron chi connectivity index (χ1n) is 9.08. The molecule has 2 atom stereocenters. The number of carboxylic acids is 1. The van der Waals surface area contributed by atoms with Crippen LogP contribution in [0.2, 0.25) is 0 Å². The second-order valence-electron chi connectivity index (χ2n) is 6.91. The van der Waals surface area contributed by atoms with Crippen LogP contribution in [-0.4, -0.2) is 47.1 Å². The minimum atomic E-state index is -0.911. The summed E-state index contributed by atoms with van der Waals surface area (Å²) in [6.07, 6.45) is 1.69. The predicted molar refractivity (Wildman–Crippen MR) is 105 cm³/mol. The third-order valence-corrected chi connectivity index (χ3v) is 5.32. The Morgan fingerprint density at radius 1 is 1.11 bits per heavy atom. The number of benzene rings is 2. The molecule has 1 fully saturated rings. The summed E-state index contributed by atoms with van der Waals surface area (Å²) in [7, 11) is 1.56. The number of aliphatic carboxylic acids is 1. The first-order valence-corrected chi connectivity index (χ1v) is 9.08. The number of nitrogens with zero attached hydrogens (tertiary/aromatic N) is 2. The highest BCUT2D eigenvalue weighted by Crippen LogP contribution is 2.38. The lowest BCUT2D eigenvalue weighted by molar-refractivity contribution is -0.141. The molecule has 0 aliphatic carbocycles. The fourth-order valence-corrected chi connectivity index (χ4v) is 3.89. The normalized spacial score (nSPS) is 19.0. The number of carboxylic acid groups (broad SMARTS) is 1. The summed E-state index contributed by atoms with van der Waals surface area (Å²) >= 11 is 0. The van der Waals surface area contributed by atoms with Gasteiger partial charge in [-0.2, -0.15) is 0 Å². The van der Waals surface area contributed by atoms with E-state index in [1.165, 1.54) is 0 Å². The third kappa shape index (κ3) is 3.17. The number of amides is 1. The Hall–Kier alpha value is -3.41. The molecule has 1 aromatic heterocycles. The molecule has 1 amide bonds. The van der Waals surface area contributed by atoms with Crippen LogP contribution in [0.15, 0.2) is 60.8 Å². The Kier molecular flexibility index (Phi) is 4.69. The van der Waals surface area contributed by atoms with E-state index in [2.05, 4.69) is 4.98 Å². The summed E-state index contributed by atoms with van der Waals surface area (Å²) in [5.74, 6) is -1.46. The average molecular weight is 376 g/mol. The number of para-hydroxylation sites is 1. The van der Waals surface area contributed by atoms with Crippen molar-refractivity contribution in [3.63, 3.8) is 0 Å². The highest BCUT2D eigenvalue weighted by Gasteiger charge is 2.41. The van der Waals surface area contributed by atoms with Gasteiger partial charge < -0.3 is 14.7 Å². The molecule has 2 aromatic carbocycles. The van der Waals surface area contributed by atoms with Gasteiger partial charge in [0.1, 0.15) is 5.75 Å². The number of aromatic nitrogens is 1. The Balaban J connectivity index is 1.65. The van der Waals surface area contributed by atoms with E-state index in [-0.39, 0.29) is 18.4 Å². The molecular weight excluding hydrogens is 356 g/mol. The Morgan fingerprint density at radius 2 is 1.93 bits per heavy atom. The van der Waals surface area contributed by atoms with Gasteiger partial charge in [0.25, 0.3) is 5.91 Å². The van der Waals surface area contributed by atoms with E-state index in [1.54, 1.807) is 30.3 Å². The summed E-state index contributed by atoms with van der Waals surface area (Å²) in [5.41, 5.74) is 2.06. The maximum atomic E-state index is 13.1. The van der Waals surface area contributed by atoms with Crippen molar-refractivity contribution < 1.29 is 19.4 Å². The molecule has 0 saturated carbocycles. The number of carbonyl (C=O) groups is 2. The molecule has 1 saturated heterocycles. The minimum Gasteiger partial charge on any atom is -0.496 e. The molecule has 0 spiro atoms. The SMILES string of the molecule is COc1ccccc1[C@H]1CN(C(=O)c2ccc3cccnc3c2)C[C@@H]1C(=O)O. The molecule has 142 valence electrons. The summed E-state index contributed by atoms with van der Waals surface area (Å²) in [6.45, 7) is 0.494. The van der Waals surface area contributed by atoms with Gasteiger partial charge in [-0.05, 0) is 29.8 Å². The second kappa shape index (κ2) is 7.31. The number of methoxy groups -OCH3 is 1. The molecule has 28 heavy (non-hydrogen) atoms. The van der Waals surface area contributed by atoms with Gasteiger partial charge in [0.05, 0.1) is 18.5 Å². The number of rotatable bonds is 4. The first-order chi connectivity index (χ1) is 13.6. The summed E-state index contributed by atoms with van der Waals surface area (Å²) in [6, 6.07) is 16.5. The molecule has 0 bridgehead atoms. The van der Waals surface area contributed by atoms with Gasteiger partial charge in [-0.3, -0.25) is 14.6 Å². The van der Waals surface area contributed by atoms with Crippen LogP contribution in [0.25, 0.3) is 10.9 Å². The number of likely N-dealkylation sites (tertiary alicyclic amines) is 1. The molecule has 6 heteroatoms. The van der Waals surface area contributed by atoms with Crippen molar-refractivity contribution in [2.75, 3.05) is 20.2 Å². The molecule has 4 rings (SSSR count). The molecule has 2 heterocycles. The van der Waals surface area contributed by atoms with Crippen LogP contribution in [0, 0.1) is 5.92 Å². The molecule has 1 N–H and O–H groups in total. The Labute approximate surface area is 162 Å². The van der Waals surface area contributed by atoms with E-state index in [4.69, 9.17) is 4.74 Å². The zero-order valence-corrected chi connectivity index (χ0v) is 15.4. The molecule has 1 aliphatic heterocycles. The highest BCUT2D eigenvalue weighted by atomic mass is 16.5. The van der Waals surface area contributed by atoms with Crippen molar-refractivity contribution in [1.29, 1.82) is 0 Å². The standard InChI is InChI=1S/C22H20N2O4/c1-28-20-7-3-2-6-16(20)17-12-24(13-18(17)22(26)27)21(25)15-9-8-14-5-4-10-23-19(14)11-15/h2-11,17-18H,12-13H2,1H3,(H,26,27)/t17-,18+/m1/s1. The third-order valence-electron chi connectivity index (χ3n) is 5.32. The zero-order chi connectivity index (χ0) is 19.7. The highest BCUT2D eigenvalue weighted by molar-refractivity contribution is 5.98. The number of pyridine rings is 1. The van der Waals surface area contributed by atoms with Gasteiger partial charge in [-0.1, -0.05) is 30.3 Å². The monoisotopic (exact) mass is 376 g/mol. The van der Waals surface area contributed by atoms with Crippen LogP contribution in [0.3, 0.4) is 0 Å². The smallest absolute Gasteiger partial charge is 0.308 e. The van der Waals surface area contributed by atoms with Gasteiger partial charge in [-0.15, -0.1) is 0 Å². The van der Waals surface area contributed by atoms with E-state index in [1.807, 2.05) is 42.5 Å². The maximum Gasteiger partial charge on any atom is 0.308 e. The lowest BCUT2D eigenvalue weighted by Crippen LogP contribution is -2.29. The number of fused-ring (bicyclic) bond motifs is 1. The predicted octanol–water partition coefficient (Wildman–Crippen LogP) is 3.18. The van der Waals surface area contributed by atoms with Crippen molar-refractivity contribution in [1.82, 2.24) is 9.88 Å². The van der Waals surface area contributed by atoms with Crippen molar-refractivity contribution in [3.05, 3.63) is 71.9 Å². The van der Waals surface area contributed by atoms with Gasteiger partial charge >= 0.3 is 5.97 Å². The topological polar surface area (TPSA) is 79.7 Å². The van der Waals surface area contributed by atoms with Gasteiger partial charge in [0.2, 0.25) is 0 Å². The molecule has 0 radical (unpaired) electrons. The second-order valence-corrected chi connectivity index (χ2v) is 6.91. The van der Waals surface area contributed by atoms with E-state index < -0.39 is 11.9 Å². The average Bonchev–Trinajstić information content (AvgIpc) is 3.18. The number of hydrogen-bond acceptors (Lipinski definition) is 4. The van der Waals surface area contributed by atoms with Crippen molar-refractivity contribution in [2.24, 2.45) is 5.92 Å². The van der Waals surface area contributed by atoms with Crippen LogP contribution in [0.5, 0.6) is 5.75 Å². The van der Waals surface area contributed by atoms with Crippen LogP contribution >= 0.6 is 0 Å². The summed E-state index contributed by atoms with van der Waals surface area (Å²) in [4.78, 5) is 30.8. The lowest BCUT2D eigenvalue weighted by atomic mass is 9.88. The quantitative estimate of drug-likeness (QED) is 0.756. The molecule has 3 aromatic rings. The zero-order valence-electron chi connectivity index (χ0n) is 15.4. The van der Waals surface area contributed by atoms with E-state index in [0.29, 0.717) is 17.9 Å². The van der Waals surface area contributed by atoms with Gasteiger partial charge in [-0.25, -0.2) is 0 Å². The molecule has 1 aliphatic rings.